The van der Waals surface area contributed by atoms with E-state index in [-0.39, 0.29) is 5.41 Å². The molecule has 2 nitrogen and oxygen atoms in total. The fourth-order valence-corrected chi connectivity index (χ4v) is 1.38. The van der Waals surface area contributed by atoms with Gasteiger partial charge < -0.3 is 0 Å². The fraction of sp³-hybridized carbons (Fsp3) is 0.667. The highest BCUT2D eigenvalue weighted by atomic mass is 14.7. The van der Waals surface area contributed by atoms with E-state index < -0.39 is 0 Å². The first-order valence-electron chi connectivity index (χ1n) is 5.11. The third-order valence-electron chi connectivity index (χ3n) is 2.20. The van der Waals surface area contributed by atoms with E-state index in [1.165, 1.54) is 0 Å². The van der Waals surface area contributed by atoms with Crippen LogP contribution in [0.25, 0.3) is 0 Å². The van der Waals surface area contributed by atoms with E-state index >= 15 is 0 Å². The largest absolute Gasteiger partial charge is 0.205 e. The van der Waals surface area contributed by atoms with Crippen LogP contribution in [-0.4, -0.2) is 5.71 Å². The molecule has 0 aliphatic heterocycles. The number of rotatable bonds is 5. The first kappa shape index (κ1) is 12.9. The summed E-state index contributed by atoms with van der Waals surface area (Å²) < 4.78 is 0. The second-order valence-corrected chi connectivity index (χ2v) is 4.25. The van der Waals surface area contributed by atoms with Crippen molar-refractivity contribution in [3.05, 3.63) is 12.2 Å². The molecule has 0 N–H and O–H groups in total. The van der Waals surface area contributed by atoms with E-state index in [2.05, 4.69) is 31.0 Å². The molecule has 0 rings (SSSR count). The molecule has 0 fully saturated rings. The zero-order chi connectivity index (χ0) is 11.0. The summed E-state index contributed by atoms with van der Waals surface area (Å²) >= 11 is 0. The molecule has 0 unspecified atom stereocenters. The van der Waals surface area contributed by atoms with E-state index in [4.69, 9.17) is 5.26 Å². The summed E-state index contributed by atoms with van der Waals surface area (Å²) in [5, 5.41) is 8.49. The van der Waals surface area contributed by atoms with Crippen LogP contribution in [0.5, 0.6) is 0 Å². The zero-order valence-corrected chi connectivity index (χ0v) is 9.67. The lowest BCUT2D eigenvalue weighted by molar-refractivity contribution is 0.387. The minimum Gasteiger partial charge on any atom is -0.183 e. The van der Waals surface area contributed by atoms with Gasteiger partial charge in [0.1, 0.15) is 0 Å². The van der Waals surface area contributed by atoms with Crippen LogP contribution < -0.4 is 0 Å². The molecule has 0 amide bonds. The molecule has 0 saturated heterocycles. The highest BCUT2D eigenvalue weighted by molar-refractivity contribution is 5.85. The van der Waals surface area contributed by atoms with Crippen LogP contribution >= 0.6 is 0 Å². The van der Waals surface area contributed by atoms with Crippen molar-refractivity contribution < 1.29 is 0 Å². The van der Waals surface area contributed by atoms with Crippen LogP contribution in [0.1, 0.15) is 47.0 Å². The number of nitrogens with zero attached hydrogens (tertiary/aromatic N) is 2. The van der Waals surface area contributed by atoms with Gasteiger partial charge in [0, 0.05) is 5.71 Å². The standard InChI is InChI=1S/C12H20N2/c1-5-7-8-12(3,4)9-11(6-2)14-10-13/h5,7H,6,8-9H2,1-4H3. The predicted octanol–water partition coefficient (Wildman–Crippen LogP) is 3.70. The Labute approximate surface area is 87.4 Å². The summed E-state index contributed by atoms with van der Waals surface area (Å²) in [5.41, 5.74) is 1.21. The Morgan fingerprint density at radius 3 is 2.57 bits per heavy atom. The summed E-state index contributed by atoms with van der Waals surface area (Å²) in [7, 11) is 0. The fourth-order valence-electron chi connectivity index (χ4n) is 1.38. The van der Waals surface area contributed by atoms with E-state index in [0.717, 1.165) is 25.0 Å². The third-order valence-corrected chi connectivity index (χ3v) is 2.20. The van der Waals surface area contributed by atoms with Crippen molar-refractivity contribution in [1.29, 1.82) is 5.26 Å². The molecule has 0 aromatic rings. The van der Waals surface area contributed by atoms with E-state index in [1.54, 1.807) is 0 Å². The highest BCUT2D eigenvalue weighted by Gasteiger charge is 2.18. The molecule has 0 aliphatic carbocycles. The van der Waals surface area contributed by atoms with Gasteiger partial charge in [0.15, 0.2) is 0 Å². The normalized spacial score (nSPS) is 13.2. The van der Waals surface area contributed by atoms with Crippen molar-refractivity contribution in [2.75, 3.05) is 0 Å². The minimum absolute atomic E-state index is 0.207. The summed E-state index contributed by atoms with van der Waals surface area (Å²) in [6, 6.07) is 0. The van der Waals surface area contributed by atoms with Crippen molar-refractivity contribution in [2.45, 2.75) is 47.0 Å². The molecule has 0 radical (unpaired) electrons. The number of hydrogen-bond acceptors (Lipinski definition) is 2. The second-order valence-electron chi connectivity index (χ2n) is 4.25. The van der Waals surface area contributed by atoms with Gasteiger partial charge in [0.2, 0.25) is 6.19 Å². The average molecular weight is 192 g/mol. The number of allylic oxidation sites excluding steroid dienone is 2. The maximum Gasteiger partial charge on any atom is 0.205 e. The molecule has 0 bridgehead atoms. The minimum atomic E-state index is 0.207. The van der Waals surface area contributed by atoms with Crippen molar-refractivity contribution in [2.24, 2.45) is 10.4 Å². The number of hydrogen-bond donors (Lipinski definition) is 0. The molecule has 0 atom stereocenters. The Kier molecular flexibility index (Phi) is 5.87. The van der Waals surface area contributed by atoms with Gasteiger partial charge in [-0.2, -0.15) is 10.3 Å². The van der Waals surface area contributed by atoms with Gasteiger partial charge in [-0.1, -0.05) is 32.9 Å². The first-order chi connectivity index (χ1) is 6.55. The summed E-state index contributed by atoms with van der Waals surface area (Å²) in [6.07, 6.45) is 8.91. The Bertz CT molecular complexity index is 254. The topological polar surface area (TPSA) is 36.1 Å². The molecular formula is C12H20N2. The summed E-state index contributed by atoms with van der Waals surface area (Å²) in [4.78, 5) is 3.83. The number of nitriles is 1. The Morgan fingerprint density at radius 1 is 1.50 bits per heavy atom. The van der Waals surface area contributed by atoms with Gasteiger partial charge >= 0.3 is 0 Å². The molecule has 14 heavy (non-hydrogen) atoms. The van der Waals surface area contributed by atoms with Crippen molar-refractivity contribution >= 4 is 5.71 Å². The Morgan fingerprint density at radius 2 is 2.14 bits per heavy atom. The maximum absolute atomic E-state index is 8.49. The average Bonchev–Trinajstić information content (AvgIpc) is 2.14. The van der Waals surface area contributed by atoms with Crippen molar-refractivity contribution in [3.8, 4) is 6.19 Å². The van der Waals surface area contributed by atoms with Gasteiger partial charge in [-0.25, -0.2) is 0 Å². The van der Waals surface area contributed by atoms with Gasteiger partial charge in [-0.15, -0.1) is 0 Å². The molecule has 2 heteroatoms. The van der Waals surface area contributed by atoms with Crippen molar-refractivity contribution in [3.63, 3.8) is 0 Å². The highest BCUT2D eigenvalue weighted by Crippen LogP contribution is 2.26. The molecule has 78 valence electrons. The number of aliphatic imine (C=N–C) groups is 1. The van der Waals surface area contributed by atoms with Crippen LogP contribution in [0.15, 0.2) is 17.1 Å². The van der Waals surface area contributed by atoms with Crippen LogP contribution in [0, 0.1) is 16.9 Å². The molecule has 0 aromatic carbocycles. The van der Waals surface area contributed by atoms with E-state index in [0.29, 0.717) is 0 Å². The zero-order valence-electron chi connectivity index (χ0n) is 9.67. The van der Waals surface area contributed by atoms with E-state index in [1.807, 2.05) is 20.0 Å². The Balaban J connectivity index is 4.33. The van der Waals surface area contributed by atoms with Crippen LogP contribution in [0.4, 0.5) is 0 Å². The van der Waals surface area contributed by atoms with E-state index in [9.17, 15) is 0 Å². The predicted molar refractivity (Wildman–Crippen MR) is 61.2 cm³/mol. The maximum atomic E-state index is 8.49. The lowest BCUT2D eigenvalue weighted by Crippen LogP contribution is -2.15. The van der Waals surface area contributed by atoms with Gasteiger partial charge in [0.05, 0.1) is 0 Å². The van der Waals surface area contributed by atoms with Crippen LogP contribution in [-0.2, 0) is 0 Å². The van der Waals surface area contributed by atoms with Crippen molar-refractivity contribution in [1.82, 2.24) is 0 Å². The molecule has 0 heterocycles. The smallest absolute Gasteiger partial charge is 0.183 e. The second kappa shape index (κ2) is 6.37. The first-order valence-corrected chi connectivity index (χ1v) is 5.11. The molecular weight excluding hydrogens is 172 g/mol. The van der Waals surface area contributed by atoms with Gasteiger partial charge in [-0.05, 0) is 31.6 Å². The summed E-state index contributed by atoms with van der Waals surface area (Å²) in [5.74, 6) is 0. The Hall–Kier alpha value is -1.10. The monoisotopic (exact) mass is 192 g/mol. The third kappa shape index (κ3) is 5.53. The molecule has 0 aromatic heterocycles. The molecule has 0 spiro atoms. The quantitative estimate of drug-likeness (QED) is 0.371. The van der Waals surface area contributed by atoms with Gasteiger partial charge in [-0.3, -0.25) is 0 Å². The van der Waals surface area contributed by atoms with Gasteiger partial charge in [0.25, 0.3) is 0 Å². The molecule has 0 saturated carbocycles. The molecule has 0 aliphatic rings. The van der Waals surface area contributed by atoms with Crippen LogP contribution in [0.2, 0.25) is 0 Å². The SMILES string of the molecule is CC=CCC(C)(C)CC(CC)=NC#N. The lowest BCUT2D eigenvalue weighted by Gasteiger charge is -2.22. The summed E-state index contributed by atoms with van der Waals surface area (Å²) in [6.45, 7) is 8.48. The van der Waals surface area contributed by atoms with Crippen LogP contribution in [0.3, 0.4) is 0 Å². The lowest BCUT2D eigenvalue weighted by atomic mass is 9.83.